The highest BCUT2D eigenvalue weighted by atomic mass is 32.2. The Morgan fingerprint density at radius 3 is 2.73 bits per heavy atom. The number of anilines is 1. The third kappa shape index (κ3) is 1.85. The minimum atomic E-state index is -3.54. The molecule has 4 nitrogen and oxygen atoms in total. The lowest BCUT2D eigenvalue weighted by Crippen LogP contribution is -2.26. The molecule has 0 heterocycles. The SMILES string of the molecule is Nc1cccc2c1C(S(N)(=O)=O)CCC2. The van der Waals surface area contributed by atoms with Crippen LogP contribution in [0.5, 0.6) is 0 Å². The van der Waals surface area contributed by atoms with Crippen LogP contribution >= 0.6 is 0 Å². The van der Waals surface area contributed by atoms with E-state index in [0.29, 0.717) is 17.7 Å². The van der Waals surface area contributed by atoms with E-state index in [1.165, 1.54) is 0 Å². The fraction of sp³-hybridized carbons (Fsp3) is 0.400. The highest BCUT2D eigenvalue weighted by Crippen LogP contribution is 2.37. The predicted molar refractivity (Wildman–Crippen MR) is 59.6 cm³/mol. The normalized spacial score (nSPS) is 21.0. The van der Waals surface area contributed by atoms with E-state index in [-0.39, 0.29) is 0 Å². The zero-order chi connectivity index (χ0) is 11.1. The Bertz CT molecular complexity index is 482. The van der Waals surface area contributed by atoms with Crippen molar-refractivity contribution in [1.82, 2.24) is 0 Å². The minimum Gasteiger partial charge on any atom is -0.398 e. The average Bonchev–Trinajstić information content (AvgIpc) is 2.16. The number of rotatable bonds is 1. The van der Waals surface area contributed by atoms with Gasteiger partial charge >= 0.3 is 0 Å². The number of benzene rings is 1. The lowest BCUT2D eigenvalue weighted by molar-refractivity contribution is 0.562. The molecule has 5 heteroatoms. The summed E-state index contributed by atoms with van der Waals surface area (Å²) in [6.45, 7) is 0. The van der Waals surface area contributed by atoms with Gasteiger partial charge in [0.2, 0.25) is 10.0 Å². The molecule has 1 aromatic carbocycles. The molecule has 0 bridgehead atoms. The molecule has 0 amide bonds. The average molecular weight is 226 g/mol. The van der Waals surface area contributed by atoms with Gasteiger partial charge in [0.05, 0.1) is 0 Å². The van der Waals surface area contributed by atoms with Crippen molar-refractivity contribution in [2.24, 2.45) is 5.14 Å². The van der Waals surface area contributed by atoms with Gasteiger partial charge in [-0.3, -0.25) is 0 Å². The number of fused-ring (bicyclic) bond motifs is 1. The van der Waals surface area contributed by atoms with Crippen LogP contribution in [-0.2, 0) is 16.4 Å². The van der Waals surface area contributed by atoms with Crippen molar-refractivity contribution >= 4 is 15.7 Å². The van der Waals surface area contributed by atoms with Crippen molar-refractivity contribution in [3.8, 4) is 0 Å². The summed E-state index contributed by atoms with van der Waals surface area (Å²) in [4.78, 5) is 0. The van der Waals surface area contributed by atoms with Crippen LogP contribution in [-0.4, -0.2) is 8.42 Å². The highest BCUT2D eigenvalue weighted by Gasteiger charge is 2.30. The summed E-state index contributed by atoms with van der Waals surface area (Å²) >= 11 is 0. The van der Waals surface area contributed by atoms with E-state index in [2.05, 4.69) is 0 Å². The molecule has 0 spiro atoms. The number of nitrogens with two attached hydrogens (primary N) is 2. The Balaban J connectivity index is 2.60. The molecule has 0 fully saturated rings. The van der Waals surface area contributed by atoms with E-state index in [0.717, 1.165) is 18.4 Å². The van der Waals surface area contributed by atoms with E-state index in [1.54, 1.807) is 6.07 Å². The molecule has 2 rings (SSSR count). The van der Waals surface area contributed by atoms with Gasteiger partial charge in [-0.1, -0.05) is 12.1 Å². The summed E-state index contributed by atoms with van der Waals surface area (Å²) < 4.78 is 22.8. The van der Waals surface area contributed by atoms with E-state index in [9.17, 15) is 8.42 Å². The molecule has 1 aliphatic rings. The first-order valence-electron chi connectivity index (χ1n) is 4.89. The summed E-state index contributed by atoms with van der Waals surface area (Å²) in [5.41, 5.74) is 8.07. The smallest absolute Gasteiger partial charge is 0.216 e. The van der Waals surface area contributed by atoms with Gasteiger partial charge in [-0.15, -0.1) is 0 Å². The Labute approximate surface area is 89.3 Å². The van der Waals surface area contributed by atoms with E-state index < -0.39 is 15.3 Å². The number of primary sulfonamides is 1. The van der Waals surface area contributed by atoms with Crippen molar-refractivity contribution in [2.75, 3.05) is 5.73 Å². The number of sulfonamides is 1. The summed E-state index contributed by atoms with van der Waals surface area (Å²) in [7, 11) is -3.54. The van der Waals surface area contributed by atoms with E-state index in [4.69, 9.17) is 10.9 Å². The van der Waals surface area contributed by atoms with Gasteiger partial charge in [-0.25, -0.2) is 13.6 Å². The number of nitrogen functional groups attached to an aromatic ring is 1. The van der Waals surface area contributed by atoms with E-state index in [1.807, 2.05) is 12.1 Å². The third-order valence-corrected chi connectivity index (χ3v) is 4.13. The first-order valence-corrected chi connectivity index (χ1v) is 6.50. The van der Waals surface area contributed by atoms with Gasteiger partial charge < -0.3 is 5.73 Å². The van der Waals surface area contributed by atoms with Gasteiger partial charge in [0.25, 0.3) is 0 Å². The molecule has 0 saturated heterocycles. The molecule has 1 unspecified atom stereocenters. The molecule has 4 N–H and O–H groups in total. The lowest BCUT2D eigenvalue weighted by atomic mass is 9.90. The second kappa shape index (κ2) is 3.50. The summed E-state index contributed by atoms with van der Waals surface area (Å²) in [5.74, 6) is 0. The second-order valence-corrected chi connectivity index (χ2v) is 5.64. The van der Waals surface area contributed by atoms with E-state index >= 15 is 0 Å². The third-order valence-electron chi connectivity index (χ3n) is 2.86. The maximum atomic E-state index is 11.4. The molecular formula is C10H14N2O2S. The van der Waals surface area contributed by atoms with Gasteiger partial charge in [0, 0.05) is 5.69 Å². The Morgan fingerprint density at radius 2 is 2.07 bits per heavy atom. The lowest BCUT2D eigenvalue weighted by Gasteiger charge is -2.25. The maximum Gasteiger partial charge on any atom is 0.216 e. The first kappa shape index (κ1) is 10.4. The number of hydrogen-bond donors (Lipinski definition) is 2. The Kier molecular flexibility index (Phi) is 2.44. The molecule has 0 radical (unpaired) electrons. The molecule has 0 saturated carbocycles. The molecular weight excluding hydrogens is 212 g/mol. The van der Waals surface area contributed by atoms with Crippen LogP contribution in [0.2, 0.25) is 0 Å². The van der Waals surface area contributed by atoms with Gasteiger partial charge in [-0.05, 0) is 36.5 Å². The van der Waals surface area contributed by atoms with Crippen LogP contribution in [0.1, 0.15) is 29.2 Å². The van der Waals surface area contributed by atoms with Gasteiger partial charge in [0.1, 0.15) is 5.25 Å². The monoisotopic (exact) mass is 226 g/mol. The standard InChI is InChI=1S/C10H14N2O2S/c11-8-5-1-3-7-4-2-6-9(10(7)8)15(12,13)14/h1,3,5,9H,2,4,6,11H2,(H2,12,13,14). The predicted octanol–water partition coefficient (Wildman–Crippen LogP) is 0.935. The summed E-state index contributed by atoms with van der Waals surface area (Å²) in [5, 5.41) is 4.59. The van der Waals surface area contributed by atoms with Crippen molar-refractivity contribution in [3.63, 3.8) is 0 Å². The maximum absolute atomic E-state index is 11.4. The van der Waals surface area contributed by atoms with Gasteiger partial charge in [-0.2, -0.15) is 0 Å². The van der Waals surface area contributed by atoms with Gasteiger partial charge in [0.15, 0.2) is 0 Å². The van der Waals surface area contributed by atoms with Crippen LogP contribution in [0.4, 0.5) is 5.69 Å². The van der Waals surface area contributed by atoms with Crippen LogP contribution in [0, 0.1) is 0 Å². The fourth-order valence-corrected chi connectivity index (χ4v) is 3.31. The quantitative estimate of drug-likeness (QED) is 0.698. The molecule has 0 aliphatic heterocycles. The number of aryl methyl sites for hydroxylation is 1. The molecule has 1 atom stereocenters. The first-order chi connectivity index (χ1) is 7.00. The second-order valence-electron chi connectivity index (χ2n) is 3.89. The molecule has 0 aromatic heterocycles. The molecule has 1 aliphatic carbocycles. The Morgan fingerprint density at radius 1 is 1.33 bits per heavy atom. The largest absolute Gasteiger partial charge is 0.398 e. The number of hydrogen-bond acceptors (Lipinski definition) is 3. The van der Waals surface area contributed by atoms with Crippen molar-refractivity contribution in [2.45, 2.75) is 24.5 Å². The fourth-order valence-electron chi connectivity index (χ4n) is 2.19. The molecule has 1 aromatic rings. The summed E-state index contributed by atoms with van der Waals surface area (Å²) in [6.07, 6.45) is 2.30. The zero-order valence-corrected chi connectivity index (χ0v) is 9.13. The Hall–Kier alpha value is -1.07. The van der Waals surface area contributed by atoms with Crippen LogP contribution in [0.15, 0.2) is 18.2 Å². The molecule has 82 valence electrons. The van der Waals surface area contributed by atoms with Crippen LogP contribution < -0.4 is 10.9 Å². The molecule has 15 heavy (non-hydrogen) atoms. The van der Waals surface area contributed by atoms with Crippen molar-refractivity contribution in [3.05, 3.63) is 29.3 Å². The topological polar surface area (TPSA) is 86.2 Å². The highest BCUT2D eigenvalue weighted by molar-refractivity contribution is 7.89. The summed E-state index contributed by atoms with van der Waals surface area (Å²) in [6, 6.07) is 5.49. The van der Waals surface area contributed by atoms with Crippen LogP contribution in [0.25, 0.3) is 0 Å². The zero-order valence-electron chi connectivity index (χ0n) is 8.31. The van der Waals surface area contributed by atoms with Crippen molar-refractivity contribution < 1.29 is 8.42 Å². The van der Waals surface area contributed by atoms with Crippen molar-refractivity contribution in [1.29, 1.82) is 0 Å². The minimum absolute atomic E-state index is 0.534. The van der Waals surface area contributed by atoms with Crippen LogP contribution in [0.3, 0.4) is 0 Å².